The third-order valence-corrected chi connectivity index (χ3v) is 7.68. The van der Waals surface area contributed by atoms with Gasteiger partial charge in [-0.15, -0.1) is 0 Å². The number of hydrogen-bond acceptors (Lipinski definition) is 5. The number of benzene rings is 2. The van der Waals surface area contributed by atoms with Gasteiger partial charge in [0.15, 0.2) is 5.82 Å². The normalized spacial score (nSPS) is 20.7. The number of aromatic amines is 1. The third kappa shape index (κ3) is 3.93. The van der Waals surface area contributed by atoms with E-state index in [2.05, 4.69) is 21.4 Å². The summed E-state index contributed by atoms with van der Waals surface area (Å²) in [4.78, 5) is 60.6. The average molecular weight is 506 g/mol. The molecule has 3 aromatic rings. The van der Waals surface area contributed by atoms with E-state index in [4.69, 9.17) is 11.6 Å². The molecular formula is C26H24ClN5O4. The number of halogens is 1. The van der Waals surface area contributed by atoms with E-state index in [0.717, 1.165) is 29.5 Å². The number of carbonyl (C=O) groups is 4. The molecule has 36 heavy (non-hydrogen) atoms. The maximum Gasteiger partial charge on any atom is 0.289 e. The van der Waals surface area contributed by atoms with Crippen LogP contribution in [0.4, 0.5) is 0 Å². The van der Waals surface area contributed by atoms with Crippen molar-refractivity contribution in [2.45, 2.75) is 44.2 Å². The molecule has 3 aliphatic rings. The average Bonchev–Trinajstić information content (AvgIpc) is 3.44. The fraction of sp³-hybridized carbons (Fsp3) is 0.346. The second-order valence-corrected chi connectivity index (χ2v) is 10.1. The van der Waals surface area contributed by atoms with Crippen molar-refractivity contribution in [2.75, 3.05) is 13.1 Å². The van der Waals surface area contributed by atoms with Gasteiger partial charge < -0.3 is 14.8 Å². The number of imidazole rings is 1. The summed E-state index contributed by atoms with van der Waals surface area (Å²) in [6.07, 6.45) is 2.20. The minimum absolute atomic E-state index is 0.125. The SMILES string of the molecule is O=C1CCC(N2Cc3cc(C4CCN(C(=O)c5nc6ccc(Cl)cc6[nH]5)CC4)ccc3C2=O)C(=O)N1. The van der Waals surface area contributed by atoms with E-state index < -0.39 is 11.9 Å². The summed E-state index contributed by atoms with van der Waals surface area (Å²) in [5, 5.41) is 2.92. The lowest BCUT2D eigenvalue weighted by Crippen LogP contribution is -2.52. The predicted molar refractivity (Wildman–Crippen MR) is 131 cm³/mol. The van der Waals surface area contributed by atoms with Gasteiger partial charge in [-0.3, -0.25) is 24.5 Å². The van der Waals surface area contributed by atoms with Gasteiger partial charge in [0.2, 0.25) is 11.8 Å². The number of nitrogens with one attached hydrogen (secondary N) is 2. The molecular weight excluding hydrogens is 482 g/mol. The number of aromatic nitrogens is 2. The summed E-state index contributed by atoms with van der Waals surface area (Å²) < 4.78 is 0. The van der Waals surface area contributed by atoms with E-state index in [1.165, 1.54) is 0 Å². The van der Waals surface area contributed by atoms with Gasteiger partial charge in [0.05, 0.1) is 11.0 Å². The van der Waals surface area contributed by atoms with E-state index in [-0.39, 0.29) is 30.1 Å². The summed E-state index contributed by atoms with van der Waals surface area (Å²) in [5.74, 6) is -0.405. The van der Waals surface area contributed by atoms with Crippen molar-refractivity contribution in [1.29, 1.82) is 0 Å². The van der Waals surface area contributed by atoms with Crippen molar-refractivity contribution in [1.82, 2.24) is 25.1 Å². The molecule has 0 bridgehead atoms. The quantitative estimate of drug-likeness (QED) is 0.531. The fourth-order valence-corrected chi connectivity index (χ4v) is 5.67. The van der Waals surface area contributed by atoms with Gasteiger partial charge in [0.1, 0.15) is 6.04 Å². The number of imide groups is 1. The van der Waals surface area contributed by atoms with Crippen LogP contribution in [-0.2, 0) is 16.1 Å². The number of amides is 4. The molecule has 0 radical (unpaired) electrons. The molecule has 184 valence electrons. The van der Waals surface area contributed by atoms with E-state index >= 15 is 0 Å². The number of piperidine rings is 2. The molecule has 9 nitrogen and oxygen atoms in total. The van der Waals surface area contributed by atoms with Crippen molar-refractivity contribution in [3.05, 3.63) is 63.9 Å². The molecule has 10 heteroatoms. The minimum atomic E-state index is -0.616. The standard InChI is InChI=1S/C26H24ClN5O4/c27-17-2-4-19-20(12-17)29-23(28-19)26(36)31-9-7-14(8-10-31)15-1-3-18-16(11-15)13-32(25(18)35)21-5-6-22(33)30-24(21)34/h1-4,11-12,14,21H,5-10,13H2,(H,28,29)(H,30,33,34). The maximum atomic E-state index is 13.0. The van der Waals surface area contributed by atoms with Crippen LogP contribution < -0.4 is 5.32 Å². The summed E-state index contributed by atoms with van der Waals surface area (Å²) in [5.41, 5.74) is 4.09. The zero-order valence-electron chi connectivity index (χ0n) is 19.4. The molecule has 2 aromatic carbocycles. The number of carbonyl (C=O) groups excluding carboxylic acids is 4. The van der Waals surface area contributed by atoms with Gasteiger partial charge in [-0.25, -0.2) is 4.98 Å². The number of nitrogens with zero attached hydrogens (tertiary/aromatic N) is 3. The van der Waals surface area contributed by atoms with E-state index in [1.54, 1.807) is 23.1 Å². The van der Waals surface area contributed by atoms with Crippen LogP contribution in [0.3, 0.4) is 0 Å². The maximum absolute atomic E-state index is 13.0. The Labute approximate surface area is 211 Å². The summed E-state index contributed by atoms with van der Waals surface area (Å²) >= 11 is 6.04. The molecule has 1 aromatic heterocycles. The highest BCUT2D eigenvalue weighted by molar-refractivity contribution is 6.31. The summed E-state index contributed by atoms with van der Waals surface area (Å²) in [7, 11) is 0. The Balaban J connectivity index is 1.12. The van der Waals surface area contributed by atoms with Gasteiger partial charge in [-0.05, 0) is 60.6 Å². The second kappa shape index (κ2) is 8.74. The molecule has 2 N–H and O–H groups in total. The first-order valence-corrected chi connectivity index (χ1v) is 12.5. The first-order valence-electron chi connectivity index (χ1n) is 12.1. The topological polar surface area (TPSA) is 115 Å². The number of hydrogen-bond donors (Lipinski definition) is 2. The fourth-order valence-electron chi connectivity index (χ4n) is 5.50. The first kappa shape index (κ1) is 22.7. The molecule has 2 saturated heterocycles. The molecule has 1 atom stereocenters. The van der Waals surface area contributed by atoms with E-state index in [9.17, 15) is 19.2 Å². The minimum Gasteiger partial charge on any atom is -0.336 e. The Bertz CT molecular complexity index is 1420. The highest BCUT2D eigenvalue weighted by Crippen LogP contribution is 2.34. The lowest BCUT2D eigenvalue weighted by atomic mass is 9.88. The van der Waals surface area contributed by atoms with Crippen LogP contribution in [0.5, 0.6) is 0 Å². The Hall–Kier alpha value is -3.72. The van der Waals surface area contributed by atoms with Crippen LogP contribution in [0, 0.1) is 0 Å². The Morgan fingerprint density at radius 1 is 1.03 bits per heavy atom. The van der Waals surface area contributed by atoms with Crippen molar-refractivity contribution in [3.8, 4) is 0 Å². The van der Waals surface area contributed by atoms with Crippen LogP contribution in [0.15, 0.2) is 36.4 Å². The zero-order valence-corrected chi connectivity index (χ0v) is 20.2. The van der Waals surface area contributed by atoms with Crippen molar-refractivity contribution < 1.29 is 19.2 Å². The Morgan fingerprint density at radius 3 is 2.61 bits per heavy atom. The zero-order chi connectivity index (χ0) is 25.0. The van der Waals surface area contributed by atoms with Gasteiger partial charge >= 0.3 is 0 Å². The molecule has 3 aliphatic heterocycles. The smallest absolute Gasteiger partial charge is 0.289 e. The first-order chi connectivity index (χ1) is 17.4. The predicted octanol–water partition coefficient (Wildman–Crippen LogP) is 3.00. The molecule has 1 unspecified atom stereocenters. The molecule has 2 fully saturated rings. The Morgan fingerprint density at radius 2 is 1.83 bits per heavy atom. The van der Waals surface area contributed by atoms with Crippen LogP contribution in [0.1, 0.15) is 63.7 Å². The molecule has 6 rings (SSSR count). The lowest BCUT2D eigenvalue weighted by Gasteiger charge is -2.32. The van der Waals surface area contributed by atoms with E-state index in [1.807, 2.05) is 17.0 Å². The van der Waals surface area contributed by atoms with E-state index in [0.29, 0.717) is 48.0 Å². The molecule has 0 saturated carbocycles. The third-order valence-electron chi connectivity index (χ3n) is 7.45. The number of fused-ring (bicyclic) bond motifs is 2. The van der Waals surface area contributed by atoms with Gasteiger partial charge in [-0.2, -0.15) is 0 Å². The number of likely N-dealkylation sites (tertiary alicyclic amines) is 1. The lowest BCUT2D eigenvalue weighted by molar-refractivity contribution is -0.136. The molecule has 4 amide bonds. The number of H-pyrrole nitrogens is 1. The van der Waals surface area contributed by atoms with Crippen LogP contribution >= 0.6 is 11.6 Å². The van der Waals surface area contributed by atoms with Crippen LogP contribution in [0.25, 0.3) is 11.0 Å². The highest BCUT2D eigenvalue weighted by Gasteiger charge is 2.39. The molecule has 4 heterocycles. The van der Waals surface area contributed by atoms with Gasteiger partial charge in [-0.1, -0.05) is 23.7 Å². The monoisotopic (exact) mass is 505 g/mol. The summed E-state index contributed by atoms with van der Waals surface area (Å²) in [6, 6.07) is 10.6. The van der Waals surface area contributed by atoms with Crippen LogP contribution in [-0.4, -0.2) is 62.5 Å². The molecule has 0 aliphatic carbocycles. The summed E-state index contributed by atoms with van der Waals surface area (Å²) in [6.45, 7) is 1.58. The number of rotatable bonds is 3. The van der Waals surface area contributed by atoms with Gasteiger partial charge in [0.25, 0.3) is 11.8 Å². The second-order valence-electron chi connectivity index (χ2n) is 9.63. The van der Waals surface area contributed by atoms with Gasteiger partial charge in [0, 0.05) is 36.6 Å². The van der Waals surface area contributed by atoms with Crippen molar-refractivity contribution >= 4 is 46.3 Å². The molecule has 0 spiro atoms. The largest absolute Gasteiger partial charge is 0.336 e. The Kier molecular flexibility index (Phi) is 5.52. The van der Waals surface area contributed by atoms with Crippen molar-refractivity contribution in [2.24, 2.45) is 0 Å². The van der Waals surface area contributed by atoms with Crippen LogP contribution in [0.2, 0.25) is 5.02 Å². The highest BCUT2D eigenvalue weighted by atomic mass is 35.5. The van der Waals surface area contributed by atoms with Crippen molar-refractivity contribution in [3.63, 3.8) is 0 Å².